The van der Waals surface area contributed by atoms with Crippen LogP contribution in [0.2, 0.25) is 0 Å². The fourth-order valence-corrected chi connectivity index (χ4v) is 3.14. The first kappa shape index (κ1) is 15.5. The minimum Gasteiger partial charge on any atom is -0.342 e. The average molecular weight is 347 g/mol. The fraction of sp³-hybridized carbons (Fsp3) is 0.105. The van der Waals surface area contributed by atoms with Gasteiger partial charge in [0.25, 0.3) is 0 Å². The van der Waals surface area contributed by atoms with Crippen molar-refractivity contribution in [1.29, 1.82) is 0 Å². The molecule has 0 aliphatic rings. The van der Waals surface area contributed by atoms with Gasteiger partial charge in [-0.15, -0.1) is 0 Å². The van der Waals surface area contributed by atoms with E-state index in [0.717, 1.165) is 23.3 Å². The van der Waals surface area contributed by atoms with Crippen molar-refractivity contribution in [3.63, 3.8) is 0 Å². The zero-order valence-corrected chi connectivity index (χ0v) is 14.6. The predicted octanol–water partition coefficient (Wildman–Crippen LogP) is 4.13. The molecule has 0 amide bonds. The number of benzene rings is 2. The highest BCUT2D eigenvalue weighted by atomic mass is 32.1. The van der Waals surface area contributed by atoms with Crippen LogP contribution in [0.4, 0.5) is 0 Å². The summed E-state index contributed by atoms with van der Waals surface area (Å²) < 4.78 is 4.35. The van der Waals surface area contributed by atoms with Gasteiger partial charge >= 0.3 is 0 Å². The van der Waals surface area contributed by atoms with Crippen molar-refractivity contribution >= 4 is 29.3 Å². The molecule has 0 spiro atoms. The number of nitrogens with zero attached hydrogens (tertiary/aromatic N) is 4. The summed E-state index contributed by atoms with van der Waals surface area (Å²) in [6.07, 6.45) is 3.96. The van der Waals surface area contributed by atoms with Gasteiger partial charge in [0.2, 0.25) is 4.77 Å². The summed E-state index contributed by atoms with van der Waals surface area (Å²) in [5.41, 5.74) is 3.49. The van der Waals surface area contributed by atoms with Crippen LogP contribution in [0.5, 0.6) is 0 Å². The van der Waals surface area contributed by atoms with Crippen LogP contribution in [-0.4, -0.2) is 25.7 Å². The van der Waals surface area contributed by atoms with Crippen LogP contribution in [0.15, 0.2) is 65.9 Å². The van der Waals surface area contributed by atoms with Crippen LogP contribution in [0, 0.1) is 11.7 Å². The highest BCUT2D eigenvalue weighted by Crippen LogP contribution is 2.21. The molecule has 0 saturated carbocycles. The normalized spacial score (nSPS) is 11.6. The number of aryl methyl sites for hydroxylation is 1. The van der Waals surface area contributed by atoms with Crippen LogP contribution in [-0.2, 0) is 6.54 Å². The topological polar surface area (TPSA) is 50.9 Å². The van der Waals surface area contributed by atoms with E-state index in [2.05, 4.69) is 68.5 Å². The molecular formula is C19H17N5S. The zero-order valence-electron chi connectivity index (χ0n) is 13.8. The van der Waals surface area contributed by atoms with Crippen molar-refractivity contribution < 1.29 is 0 Å². The number of aromatic amines is 1. The molecule has 124 valence electrons. The third kappa shape index (κ3) is 3.04. The average Bonchev–Trinajstić information content (AvgIpc) is 3.15. The van der Waals surface area contributed by atoms with Crippen molar-refractivity contribution in [2.45, 2.75) is 13.5 Å². The first-order valence-corrected chi connectivity index (χ1v) is 8.43. The van der Waals surface area contributed by atoms with Gasteiger partial charge in [0, 0.05) is 29.2 Å². The predicted molar refractivity (Wildman–Crippen MR) is 103 cm³/mol. The maximum Gasteiger partial charge on any atom is 0.216 e. The van der Waals surface area contributed by atoms with E-state index in [9.17, 15) is 0 Å². The van der Waals surface area contributed by atoms with Gasteiger partial charge < -0.3 is 4.57 Å². The molecule has 4 rings (SSSR count). The molecule has 2 heterocycles. The van der Waals surface area contributed by atoms with Crippen molar-refractivity contribution in [2.75, 3.05) is 0 Å². The fourth-order valence-electron chi connectivity index (χ4n) is 2.92. The molecule has 0 aliphatic heterocycles. The smallest absolute Gasteiger partial charge is 0.216 e. The van der Waals surface area contributed by atoms with E-state index in [0.29, 0.717) is 4.77 Å². The highest BCUT2D eigenvalue weighted by Gasteiger charge is 2.07. The van der Waals surface area contributed by atoms with Crippen molar-refractivity contribution in [3.8, 4) is 0 Å². The summed E-state index contributed by atoms with van der Waals surface area (Å²) in [7, 11) is 0. The number of hydrogen-bond donors (Lipinski definition) is 1. The summed E-state index contributed by atoms with van der Waals surface area (Å²) in [5, 5.41) is 12.5. The summed E-state index contributed by atoms with van der Waals surface area (Å²) in [6, 6.07) is 18.8. The molecule has 0 bridgehead atoms. The Morgan fingerprint density at radius 1 is 1.12 bits per heavy atom. The summed E-state index contributed by atoms with van der Waals surface area (Å²) in [6.45, 7) is 2.68. The summed E-state index contributed by atoms with van der Waals surface area (Å²) in [4.78, 5) is 0. The zero-order chi connectivity index (χ0) is 17.2. The second-order valence-corrected chi connectivity index (χ2v) is 6.23. The van der Waals surface area contributed by atoms with Crippen LogP contribution in [0.3, 0.4) is 0 Å². The number of fused-ring (bicyclic) bond motifs is 1. The van der Waals surface area contributed by atoms with Crippen LogP contribution in [0.25, 0.3) is 10.9 Å². The SMILES string of the molecule is Cc1n[nH]c(=S)n1/N=C\c1cn(Cc2ccccc2)c2ccccc12. The molecular weight excluding hydrogens is 330 g/mol. The molecule has 4 aromatic rings. The molecule has 1 N–H and O–H groups in total. The number of hydrogen-bond acceptors (Lipinski definition) is 3. The van der Waals surface area contributed by atoms with Gasteiger partial charge in [0.05, 0.1) is 6.21 Å². The lowest BCUT2D eigenvalue weighted by atomic mass is 10.2. The maximum absolute atomic E-state index is 5.20. The minimum atomic E-state index is 0.488. The number of H-pyrrole nitrogens is 1. The molecule has 0 fully saturated rings. The summed E-state index contributed by atoms with van der Waals surface area (Å²) >= 11 is 5.20. The molecule has 0 unspecified atom stereocenters. The molecule has 2 aromatic heterocycles. The Morgan fingerprint density at radius 2 is 1.88 bits per heavy atom. The van der Waals surface area contributed by atoms with Crippen LogP contribution < -0.4 is 0 Å². The van der Waals surface area contributed by atoms with Crippen molar-refractivity contribution in [3.05, 3.63) is 82.5 Å². The molecule has 0 radical (unpaired) electrons. The molecule has 0 aliphatic carbocycles. The quantitative estimate of drug-likeness (QED) is 0.446. The van der Waals surface area contributed by atoms with Gasteiger partial charge in [-0.1, -0.05) is 48.5 Å². The van der Waals surface area contributed by atoms with Gasteiger partial charge in [-0.05, 0) is 30.8 Å². The molecule has 25 heavy (non-hydrogen) atoms. The van der Waals surface area contributed by atoms with Gasteiger partial charge in [-0.3, -0.25) is 5.10 Å². The Hall–Kier alpha value is -2.99. The number of aromatic nitrogens is 4. The van der Waals surface area contributed by atoms with Crippen LogP contribution in [0.1, 0.15) is 17.0 Å². The van der Waals surface area contributed by atoms with Crippen molar-refractivity contribution in [1.82, 2.24) is 19.4 Å². The lowest BCUT2D eigenvalue weighted by Crippen LogP contribution is -1.97. The molecule has 0 saturated heterocycles. The Morgan fingerprint density at radius 3 is 2.64 bits per heavy atom. The Kier molecular flexibility index (Phi) is 4.03. The van der Waals surface area contributed by atoms with Gasteiger partial charge in [0.1, 0.15) is 5.82 Å². The first-order valence-electron chi connectivity index (χ1n) is 8.02. The standard InChI is InChI=1S/C19H17N5S/c1-14-21-22-19(25)24(14)20-11-16-13-23(12-15-7-3-2-4-8-15)18-10-6-5-9-17(16)18/h2-11,13H,12H2,1H3,(H,22,25)/b20-11-. The van der Waals surface area contributed by atoms with Gasteiger partial charge in [-0.2, -0.15) is 14.9 Å². The lowest BCUT2D eigenvalue weighted by Gasteiger charge is -2.05. The van der Waals surface area contributed by atoms with E-state index in [1.807, 2.05) is 25.3 Å². The van der Waals surface area contributed by atoms with E-state index in [4.69, 9.17) is 12.2 Å². The monoisotopic (exact) mass is 347 g/mol. The van der Waals surface area contributed by atoms with E-state index in [1.165, 1.54) is 11.1 Å². The van der Waals surface area contributed by atoms with E-state index < -0.39 is 0 Å². The lowest BCUT2D eigenvalue weighted by molar-refractivity contribution is 0.819. The second-order valence-electron chi connectivity index (χ2n) is 5.85. The maximum atomic E-state index is 5.20. The Labute approximate surface area is 150 Å². The van der Waals surface area contributed by atoms with E-state index in [-0.39, 0.29) is 0 Å². The first-order chi connectivity index (χ1) is 12.2. The van der Waals surface area contributed by atoms with Gasteiger partial charge in [0.15, 0.2) is 0 Å². The van der Waals surface area contributed by atoms with Crippen LogP contribution >= 0.6 is 12.2 Å². The van der Waals surface area contributed by atoms with E-state index in [1.54, 1.807) is 4.68 Å². The van der Waals surface area contributed by atoms with Gasteiger partial charge in [-0.25, -0.2) is 0 Å². The number of rotatable bonds is 4. The highest BCUT2D eigenvalue weighted by molar-refractivity contribution is 7.71. The largest absolute Gasteiger partial charge is 0.342 e. The summed E-state index contributed by atoms with van der Waals surface area (Å²) in [5.74, 6) is 0.731. The third-order valence-corrected chi connectivity index (χ3v) is 4.40. The molecule has 6 heteroatoms. The molecule has 0 atom stereocenters. The van der Waals surface area contributed by atoms with Crippen molar-refractivity contribution in [2.24, 2.45) is 5.10 Å². The second kappa shape index (κ2) is 6.49. The number of para-hydroxylation sites is 1. The van der Waals surface area contributed by atoms with E-state index >= 15 is 0 Å². The minimum absolute atomic E-state index is 0.488. The number of nitrogens with one attached hydrogen (secondary N) is 1. The third-order valence-electron chi connectivity index (χ3n) is 4.14. The Balaban J connectivity index is 1.76. The molecule has 2 aromatic carbocycles. The Bertz CT molecular complexity index is 1100. The molecule has 5 nitrogen and oxygen atoms in total.